The van der Waals surface area contributed by atoms with Crippen LogP contribution in [-0.4, -0.2) is 121 Å². The summed E-state index contributed by atoms with van der Waals surface area (Å²) in [5.41, 5.74) is 0.734. The number of morpholine rings is 2. The molecule has 2 aliphatic heterocycles. The zero-order valence-electron chi connectivity index (χ0n) is 28.7. The van der Waals surface area contributed by atoms with Gasteiger partial charge in [-0.3, -0.25) is 19.1 Å². The van der Waals surface area contributed by atoms with Crippen LogP contribution in [0.3, 0.4) is 0 Å². The van der Waals surface area contributed by atoms with Crippen molar-refractivity contribution in [2.24, 2.45) is 12.0 Å². The van der Waals surface area contributed by atoms with E-state index in [2.05, 4.69) is 19.6 Å². The number of aromatic nitrogens is 2. The van der Waals surface area contributed by atoms with Gasteiger partial charge in [-0.15, -0.1) is 0 Å². The average molecular weight is 803 g/mol. The van der Waals surface area contributed by atoms with Crippen molar-refractivity contribution in [1.29, 1.82) is 0 Å². The first-order valence-corrected chi connectivity index (χ1v) is 21.8. The Morgan fingerprint density at radius 1 is 0.882 bits per heavy atom. The minimum Gasteiger partial charge on any atom is -0.379 e. The van der Waals surface area contributed by atoms with Crippen molar-refractivity contribution in [3.8, 4) is 10.6 Å². The molecule has 2 aromatic carbocycles. The van der Waals surface area contributed by atoms with Gasteiger partial charge in [0, 0.05) is 65.0 Å². The fourth-order valence-electron chi connectivity index (χ4n) is 6.44. The van der Waals surface area contributed by atoms with E-state index >= 15 is 0 Å². The van der Waals surface area contributed by atoms with Gasteiger partial charge in [0.25, 0.3) is 10.0 Å². The van der Waals surface area contributed by atoms with Crippen LogP contribution >= 0.6 is 34.5 Å². The Balaban J connectivity index is 1.31. The number of ether oxygens (including phenoxy) is 2. The van der Waals surface area contributed by atoms with Crippen molar-refractivity contribution in [3.05, 3.63) is 51.2 Å². The second-order valence-corrected chi connectivity index (χ2v) is 18.2. The van der Waals surface area contributed by atoms with Gasteiger partial charge in [-0.1, -0.05) is 59.9 Å². The molecule has 51 heavy (non-hydrogen) atoms. The lowest BCUT2D eigenvalue weighted by molar-refractivity contribution is 0.0390. The van der Waals surface area contributed by atoms with Crippen LogP contribution in [0.5, 0.6) is 0 Å². The summed E-state index contributed by atoms with van der Waals surface area (Å²) in [6, 6.07) is 9.33. The molecule has 1 N–H and O–H groups in total. The zero-order valence-corrected chi connectivity index (χ0v) is 32.6. The molecule has 0 unspecified atom stereocenters. The van der Waals surface area contributed by atoms with Gasteiger partial charge in [0.1, 0.15) is 14.8 Å². The van der Waals surface area contributed by atoms with Gasteiger partial charge in [0.15, 0.2) is 0 Å². The van der Waals surface area contributed by atoms with Gasteiger partial charge in [0.05, 0.1) is 48.2 Å². The number of benzene rings is 2. The summed E-state index contributed by atoms with van der Waals surface area (Å²) in [5, 5.41) is 5.31. The summed E-state index contributed by atoms with van der Waals surface area (Å²) >= 11 is 14.5. The molecular weight excluding hydrogens is 758 g/mol. The summed E-state index contributed by atoms with van der Waals surface area (Å²) in [6.07, 6.45) is 5.66. The number of aryl methyl sites for hydroxylation is 1. The normalized spacial score (nSPS) is 19.1. The van der Waals surface area contributed by atoms with Crippen molar-refractivity contribution >= 4 is 60.3 Å². The Morgan fingerprint density at radius 3 is 2.20 bits per heavy atom. The molecule has 0 radical (unpaired) electrons. The predicted octanol–water partition coefficient (Wildman–Crippen LogP) is 3.83. The smallest absolute Gasteiger partial charge is 0.265 e. The average Bonchev–Trinajstić information content (AvgIpc) is 3.49. The summed E-state index contributed by atoms with van der Waals surface area (Å²) in [4.78, 5) is 9.62. The van der Waals surface area contributed by atoms with Crippen molar-refractivity contribution in [1.82, 2.24) is 24.3 Å². The SMILES string of the molecule is Cn1nc(-c2ccc(Cl)c(S(=O)(=O)N(CCN3CCOCC3)c3ccc(Cl)c(S(=O)(=O)NCCN4CCOCC4)c3)c2)sc1=NC1CCCCC1. The maximum absolute atomic E-state index is 14.7. The molecule has 0 amide bonds. The minimum absolute atomic E-state index is 0.0192. The molecule has 1 aromatic heterocycles. The van der Waals surface area contributed by atoms with Crippen LogP contribution in [0.1, 0.15) is 32.1 Å². The Labute approximate surface area is 314 Å². The Morgan fingerprint density at radius 2 is 1.51 bits per heavy atom. The molecule has 1 aliphatic carbocycles. The summed E-state index contributed by atoms with van der Waals surface area (Å²) < 4.78 is 72.9. The number of anilines is 1. The number of rotatable bonds is 13. The molecule has 18 heteroatoms. The topological polar surface area (TPSA) is 139 Å². The number of nitrogens with zero attached hydrogens (tertiary/aromatic N) is 6. The summed E-state index contributed by atoms with van der Waals surface area (Å²) in [7, 11) is -6.59. The van der Waals surface area contributed by atoms with Gasteiger partial charge in [-0.2, -0.15) is 5.10 Å². The highest BCUT2D eigenvalue weighted by molar-refractivity contribution is 7.93. The second kappa shape index (κ2) is 17.3. The number of sulfonamides is 2. The number of halogens is 2. The van der Waals surface area contributed by atoms with E-state index in [1.54, 1.807) is 16.8 Å². The van der Waals surface area contributed by atoms with Gasteiger partial charge in [0.2, 0.25) is 14.8 Å². The van der Waals surface area contributed by atoms with E-state index in [0.717, 1.165) is 43.6 Å². The predicted molar refractivity (Wildman–Crippen MR) is 200 cm³/mol. The third kappa shape index (κ3) is 9.71. The number of nitrogens with one attached hydrogen (secondary N) is 1. The number of hydrogen-bond acceptors (Lipinski definition) is 11. The van der Waals surface area contributed by atoms with Crippen LogP contribution < -0.4 is 13.8 Å². The van der Waals surface area contributed by atoms with E-state index in [-0.39, 0.29) is 44.7 Å². The fraction of sp³-hybridized carbons (Fsp3) is 0.576. The van der Waals surface area contributed by atoms with Gasteiger partial charge >= 0.3 is 0 Å². The minimum atomic E-state index is -4.34. The molecule has 2 saturated heterocycles. The van der Waals surface area contributed by atoms with Gasteiger partial charge in [-0.25, -0.2) is 26.2 Å². The van der Waals surface area contributed by atoms with Crippen molar-refractivity contribution in [2.45, 2.75) is 47.9 Å². The van der Waals surface area contributed by atoms with Crippen molar-refractivity contribution in [2.75, 3.05) is 83.1 Å². The molecule has 3 fully saturated rings. The van der Waals surface area contributed by atoms with E-state index < -0.39 is 20.0 Å². The molecule has 3 aliphatic rings. The highest BCUT2D eigenvalue weighted by Crippen LogP contribution is 2.35. The third-order valence-corrected chi connectivity index (χ3v) is 14.7. The number of hydrogen-bond donors (Lipinski definition) is 1. The highest BCUT2D eigenvalue weighted by atomic mass is 35.5. The molecule has 0 atom stereocenters. The lowest BCUT2D eigenvalue weighted by atomic mass is 9.96. The molecule has 280 valence electrons. The summed E-state index contributed by atoms with van der Waals surface area (Å²) in [6.45, 7) is 6.09. The maximum Gasteiger partial charge on any atom is 0.265 e. The molecule has 3 heterocycles. The molecule has 0 bridgehead atoms. The van der Waals surface area contributed by atoms with E-state index in [0.29, 0.717) is 63.2 Å². The quantitative estimate of drug-likeness (QED) is 0.274. The lowest BCUT2D eigenvalue weighted by Crippen LogP contribution is -2.43. The van der Waals surface area contributed by atoms with Crippen molar-refractivity contribution < 1.29 is 26.3 Å². The monoisotopic (exact) mass is 801 g/mol. The third-order valence-electron chi connectivity index (χ3n) is 9.36. The van der Waals surface area contributed by atoms with Crippen LogP contribution in [-0.2, 0) is 36.6 Å². The standard InChI is InChI=1S/C33H45Cl2N7O6S3/c1-39-33(37-26-5-3-2-4-6-26)49-32(38-39)25-7-9-29(35)31(23-25)51(45,46)42(14-13-41-17-21-48-22-18-41)27-8-10-28(34)30(24-27)50(43,44)36-11-12-40-15-19-47-20-16-40/h7-10,23-24,26,36H,2-6,11-22H2,1H3. The summed E-state index contributed by atoms with van der Waals surface area (Å²) in [5.74, 6) is 0. The van der Waals surface area contributed by atoms with E-state index in [4.69, 9.17) is 37.7 Å². The zero-order chi connectivity index (χ0) is 36.0. The molecular formula is C33H45Cl2N7O6S3. The first-order valence-electron chi connectivity index (χ1n) is 17.3. The van der Waals surface area contributed by atoms with Crippen LogP contribution in [0.25, 0.3) is 10.6 Å². The first kappa shape index (κ1) is 38.6. The molecule has 13 nitrogen and oxygen atoms in total. The second-order valence-electron chi connectivity index (χ2n) is 12.9. The molecule has 1 saturated carbocycles. The van der Waals surface area contributed by atoms with E-state index in [9.17, 15) is 16.8 Å². The van der Waals surface area contributed by atoms with Crippen molar-refractivity contribution in [3.63, 3.8) is 0 Å². The van der Waals surface area contributed by atoms with E-state index in [1.807, 2.05) is 7.05 Å². The largest absolute Gasteiger partial charge is 0.379 e. The van der Waals surface area contributed by atoms with Gasteiger partial charge < -0.3 is 9.47 Å². The maximum atomic E-state index is 14.7. The van der Waals surface area contributed by atoms with Gasteiger partial charge in [-0.05, 0) is 43.2 Å². The highest BCUT2D eigenvalue weighted by Gasteiger charge is 2.31. The van der Waals surface area contributed by atoms with Crippen LogP contribution in [0.15, 0.2) is 51.2 Å². The Hall–Kier alpha value is -2.12. The van der Waals surface area contributed by atoms with E-state index in [1.165, 1.54) is 46.3 Å². The van der Waals surface area contributed by atoms with Crippen LogP contribution in [0, 0.1) is 0 Å². The van der Waals surface area contributed by atoms with Crippen LogP contribution in [0.2, 0.25) is 10.0 Å². The molecule has 0 spiro atoms. The lowest BCUT2D eigenvalue weighted by Gasteiger charge is -2.31. The fourth-order valence-corrected chi connectivity index (χ4v) is 10.9. The van der Waals surface area contributed by atoms with Crippen LogP contribution in [0.4, 0.5) is 5.69 Å². The molecule has 3 aromatic rings. The molecule has 6 rings (SSSR count). The first-order chi connectivity index (χ1) is 24.5. The Bertz CT molecular complexity index is 1940. The Kier molecular flexibility index (Phi) is 13.1.